The molecule has 0 aliphatic heterocycles. The van der Waals surface area contributed by atoms with Crippen LogP contribution in [0.25, 0.3) is 33.1 Å². The van der Waals surface area contributed by atoms with Gasteiger partial charge in [-0.15, -0.1) is 6.58 Å². The van der Waals surface area contributed by atoms with Crippen LogP contribution < -0.4 is 0 Å². The Morgan fingerprint density at radius 3 is 2.38 bits per heavy atom. The molecule has 4 rings (SSSR count). The third-order valence-electron chi connectivity index (χ3n) is 4.96. The minimum absolute atomic E-state index is 1.02. The lowest BCUT2D eigenvalue weighted by atomic mass is 10.0. The van der Waals surface area contributed by atoms with Gasteiger partial charge in [0.05, 0.1) is 11.0 Å². The number of rotatable bonds is 5. The van der Waals surface area contributed by atoms with Crippen molar-refractivity contribution in [2.24, 2.45) is 0 Å². The first-order chi connectivity index (χ1) is 12.8. The van der Waals surface area contributed by atoms with Crippen LogP contribution in [0.5, 0.6) is 0 Å². The third kappa shape index (κ3) is 2.86. The molecule has 0 atom stereocenters. The van der Waals surface area contributed by atoms with Crippen LogP contribution in [0, 0.1) is 0 Å². The molecule has 0 saturated heterocycles. The molecule has 128 valence electrons. The largest absolute Gasteiger partial charge is 0.309 e. The van der Waals surface area contributed by atoms with E-state index in [1.165, 1.54) is 38.6 Å². The van der Waals surface area contributed by atoms with E-state index in [4.69, 9.17) is 0 Å². The van der Waals surface area contributed by atoms with Gasteiger partial charge in [-0.25, -0.2) is 0 Å². The van der Waals surface area contributed by atoms with Gasteiger partial charge in [0, 0.05) is 16.5 Å². The summed E-state index contributed by atoms with van der Waals surface area (Å²) in [6, 6.07) is 26.1. The second-order valence-electron chi connectivity index (χ2n) is 6.67. The van der Waals surface area contributed by atoms with Crippen molar-refractivity contribution in [3.05, 3.63) is 97.1 Å². The Morgan fingerprint density at radius 2 is 1.58 bits per heavy atom. The number of nitrogens with zero attached hydrogens (tertiary/aromatic N) is 1. The van der Waals surface area contributed by atoms with Gasteiger partial charge in [0.15, 0.2) is 0 Å². The Morgan fingerprint density at radius 1 is 0.846 bits per heavy atom. The van der Waals surface area contributed by atoms with Gasteiger partial charge in [-0.3, -0.25) is 0 Å². The predicted octanol–water partition coefficient (Wildman–Crippen LogP) is 7.15. The molecular formula is C25H23N. The molecule has 1 heterocycles. The molecule has 26 heavy (non-hydrogen) atoms. The quantitative estimate of drug-likeness (QED) is 0.269. The molecule has 0 N–H and O–H groups in total. The molecule has 0 fully saturated rings. The number of para-hydroxylation sites is 2. The molecule has 1 heteroatoms. The topological polar surface area (TPSA) is 4.93 Å². The molecule has 0 saturated carbocycles. The molecule has 3 aromatic carbocycles. The average molecular weight is 337 g/mol. The lowest BCUT2D eigenvalue weighted by molar-refractivity contribution is 1.06. The first kappa shape index (κ1) is 16.4. The van der Waals surface area contributed by atoms with Crippen molar-refractivity contribution < 1.29 is 0 Å². The minimum Gasteiger partial charge on any atom is -0.309 e. The van der Waals surface area contributed by atoms with Gasteiger partial charge in [-0.05, 0) is 61.2 Å². The summed E-state index contributed by atoms with van der Waals surface area (Å²) >= 11 is 0. The van der Waals surface area contributed by atoms with Gasteiger partial charge >= 0.3 is 0 Å². The summed E-state index contributed by atoms with van der Waals surface area (Å²) < 4.78 is 2.35. The SMILES string of the molecule is C=CCC/C=C(\C)c1ccc2c(c1)c1ccccc1n2-c1ccccc1. The summed E-state index contributed by atoms with van der Waals surface area (Å²) in [5, 5.41) is 2.60. The van der Waals surface area contributed by atoms with Crippen molar-refractivity contribution >= 4 is 27.4 Å². The van der Waals surface area contributed by atoms with Crippen LogP contribution in [0.1, 0.15) is 25.3 Å². The normalized spacial score (nSPS) is 12.0. The number of benzene rings is 3. The van der Waals surface area contributed by atoms with E-state index in [2.05, 4.69) is 96.9 Å². The molecule has 0 bridgehead atoms. The van der Waals surface area contributed by atoms with E-state index in [1.54, 1.807) is 0 Å². The van der Waals surface area contributed by atoms with E-state index >= 15 is 0 Å². The lowest BCUT2D eigenvalue weighted by Gasteiger charge is -2.08. The second kappa shape index (κ2) is 7.05. The maximum atomic E-state index is 3.80. The smallest absolute Gasteiger partial charge is 0.0541 e. The summed E-state index contributed by atoms with van der Waals surface area (Å²) in [7, 11) is 0. The van der Waals surface area contributed by atoms with Crippen LogP contribution in [-0.4, -0.2) is 4.57 Å². The van der Waals surface area contributed by atoms with Crippen LogP contribution >= 0.6 is 0 Å². The number of allylic oxidation sites excluding steroid dienone is 3. The molecule has 0 unspecified atom stereocenters. The van der Waals surface area contributed by atoms with Crippen molar-refractivity contribution in [3.8, 4) is 5.69 Å². The third-order valence-corrected chi connectivity index (χ3v) is 4.96. The van der Waals surface area contributed by atoms with Crippen molar-refractivity contribution in [2.75, 3.05) is 0 Å². The van der Waals surface area contributed by atoms with Crippen molar-refractivity contribution in [3.63, 3.8) is 0 Å². The highest BCUT2D eigenvalue weighted by atomic mass is 15.0. The van der Waals surface area contributed by atoms with Crippen LogP contribution in [0.15, 0.2) is 91.5 Å². The van der Waals surface area contributed by atoms with Gasteiger partial charge in [-0.2, -0.15) is 0 Å². The van der Waals surface area contributed by atoms with Crippen molar-refractivity contribution in [1.29, 1.82) is 0 Å². The average Bonchev–Trinajstić information content (AvgIpc) is 3.02. The first-order valence-electron chi connectivity index (χ1n) is 9.16. The zero-order chi connectivity index (χ0) is 17.9. The zero-order valence-electron chi connectivity index (χ0n) is 15.2. The van der Waals surface area contributed by atoms with Gasteiger partial charge in [0.1, 0.15) is 0 Å². The fourth-order valence-corrected chi connectivity index (χ4v) is 3.61. The molecule has 0 aliphatic rings. The van der Waals surface area contributed by atoms with E-state index < -0.39 is 0 Å². The summed E-state index contributed by atoms with van der Waals surface area (Å²) in [5.74, 6) is 0. The van der Waals surface area contributed by atoms with Crippen LogP contribution in [0.4, 0.5) is 0 Å². The lowest BCUT2D eigenvalue weighted by Crippen LogP contribution is -1.93. The molecule has 4 aromatic rings. The molecule has 0 aliphatic carbocycles. The van der Waals surface area contributed by atoms with Crippen LogP contribution in [0.2, 0.25) is 0 Å². The maximum Gasteiger partial charge on any atom is 0.0541 e. The summed E-state index contributed by atoms with van der Waals surface area (Å²) in [5.41, 5.74) is 6.31. The number of hydrogen-bond acceptors (Lipinski definition) is 0. The monoisotopic (exact) mass is 337 g/mol. The van der Waals surface area contributed by atoms with Crippen LogP contribution in [-0.2, 0) is 0 Å². The highest BCUT2D eigenvalue weighted by Gasteiger charge is 2.12. The molecule has 0 radical (unpaired) electrons. The van der Waals surface area contributed by atoms with E-state index in [0.29, 0.717) is 0 Å². The minimum atomic E-state index is 1.02. The Bertz CT molecular complexity index is 1100. The Hall–Kier alpha value is -3.06. The van der Waals surface area contributed by atoms with Crippen molar-refractivity contribution in [2.45, 2.75) is 19.8 Å². The molecule has 1 nitrogen and oxygen atoms in total. The van der Waals surface area contributed by atoms with Gasteiger partial charge in [-0.1, -0.05) is 54.6 Å². The van der Waals surface area contributed by atoms with E-state index in [0.717, 1.165) is 12.8 Å². The molecule has 1 aromatic heterocycles. The van der Waals surface area contributed by atoms with E-state index in [1.807, 2.05) is 6.08 Å². The van der Waals surface area contributed by atoms with Gasteiger partial charge in [0.25, 0.3) is 0 Å². The first-order valence-corrected chi connectivity index (χ1v) is 9.16. The number of unbranched alkanes of at least 4 members (excludes halogenated alkanes) is 1. The van der Waals surface area contributed by atoms with E-state index in [-0.39, 0.29) is 0 Å². The second-order valence-corrected chi connectivity index (χ2v) is 6.67. The highest BCUT2D eigenvalue weighted by molar-refractivity contribution is 6.10. The summed E-state index contributed by atoms with van der Waals surface area (Å²) in [4.78, 5) is 0. The maximum absolute atomic E-state index is 3.80. The van der Waals surface area contributed by atoms with E-state index in [9.17, 15) is 0 Å². The number of hydrogen-bond donors (Lipinski definition) is 0. The van der Waals surface area contributed by atoms with Gasteiger partial charge in [0.2, 0.25) is 0 Å². The molecular weight excluding hydrogens is 314 g/mol. The van der Waals surface area contributed by atoms with Crippen molar-refractivity contribution in [1.82, 2.24) is 4.57 Å². The van der Waals surface area contributed by atoms with Gasteiger partial charge < -0.3 is 4.57 Å². The Labute approximate surface area is 154 Å². The van der Waals surface area contributed by atoms with Crippen LogP contribution in [0.3, 0.4) is 0 Å². The zero-order valence-corrected chi connectivity index (χ0v) is 15.2. The molecule has 0 amide bonds. The summed E-state index contributed by atoms with van der Waals surface area (Å²) in [6.07, 6.45) is 6.34. The Balaban J connectivity index is 1.93. The number of fused-ring (bicyclic) bond motifs is 3. The Kier molecular flexibility index (Phi) is 4.45. The fourth-order valence-electron chi connectivity index (χ4n) is 3.61. The standard InChI is InChI=1S/C25H23N/c1-3-4-6-11-19(2)20-16-17-25-23(18-20)22-14-9-10-15-24(22)26(25)21-12-7-5-8-13-21/h3,5,7-18H,1,4,6H2,2H3/b19-11+. The number of aromatic nitrogens is 1. The summed E-state index contributed by atoms with van der Waals surface area (Å²) in [6.45, 7) is 6.00. The highest BCUT2D eigenvalue weighted by Crippen LogP contribution is 2.33. The fraction of sp³-hybridized carbons (Fsp3) is 0.120. The molecule has 0 spiro atoms. The predicted molar refractivity (Wildman–Crippen MR) is 114 cm³/mol.